The molecule has 0 amide bonds. The van der Waals surface area contributed by atoms with Gasteiger partial charge in [0.1, 0.15) is 6.61 Å². The zero-order valence-corrected chi connectivity index (χ0v) is 32.0. The van der Waals surface area contributed by atoms with Crippen molar-refractivity contribution in [3.63, 3.8) is 0 Å². The molecule has 0 saturated heterocycles. The molecule has 0 aliphatic rings. The summed E-state index contributed by atoms with van der Waals surface area (Å²) in [6.07, 6.45) is 11.8. The van der Waals surface area contributed by atoms with Gasteiger partial charge < -0.3 is 56.8 Å². The van der Waals surface area contributed by atoms with Crippen LogP contribution in [0.1, 0.15) is 85.0 Å². The van der Waals surface area contributed by atoms with Crippen LogP contribution in [-0.4, -0.2) is 157 Å². The van der Waals surface area contributed by atoms with Gasteiger partial charge in [-0.1, -0.05) is 58.3 Å². The van der Waals surface area contributed by atoms with Crippen molar-refractivity contribution in [3.8, 4) is 0 Å². The molecule has 0 aliphatic heterocycles. The fourth-order valence-corrected chi connectivity index (χ4v) is 4.29. The van der Waals surface area contributed by atoms with Crippen molar-refractivity contribution >= 4 is 5.97 Å². The fourth-order valence-electron chi connectivity index (χ4n) is 4.29. The maximum absolute atomic E-state index is 11.8. The summed E-state index contributed by atoms with van der Waals surface area (Å²) in [5, 5.41) is 0. The molecule has 0 radical (unpaired) electrons. The maximum atomic E-state index is 11.8. The van der Waals surface area contributed by atoms with Crippen LogP contribution in [0.15, 0.2) is 0 Å². The molecule has 13 nitrogen and oxygen atoms in total. The first-order chi connectivity index (χ1) is 24.7. The first-order valence-electron chi connectivity index (χ1n) is 19.2. The zero-order chi connectivity index (χ0) is 36.3. The van der Waals surface area contributed by atoms with Gasteiger partial charge in [-0.25, -0.2) is 0 Å². The van der Waals surface area contributed by atoms with Gasteiger partial charge in [0.25, 0.3) is 0 Å². The first kappa shape index (κ1) is 49.0. The second kappa shape index (κ2) is 44.2. The Kier molecular flexibility index (Phi) is 43.3. The van der Waals surface area contributed by atoms with E-state index in [1.54, 1.807) is 0 Å². The molecule has 0 fully saturated rings. The Labute approximate surface area is 303 Å². The average molecular weight is 727 g/mol. The van der Waals surface area contributed by atoms with Crippen LogP contribution >= 0.6 is 0 Å². The number of carbonyl (C=O) groups is 1. The van der Waals surface area contributed by atoms with Crippen LogP contribution in [0.3, 0.4) is 0 Å². The fraction of sp³-hybridized carbons (Fsp3) is 0.973. The lowest BCUT2D eigenvalue weighted by Crippen LogP contribution is -2.16. The van der Waals surface area contributed by atoms with Crippen LogP contribution < -0.4 is 0 Å². The minimum absolute atomic E-state index is 0.136. The Morgan fingerprint density at radius 3 is 0.920 bits per heavy atom. The highest BCUT2D eigenvalue weighted by atomic mass is 16.6. The molecule has 13 heteroatoms. The van der Waals surface area contributed by atoms with E-state index in [1.807, 2.05) is 13.8 Å². The summed E-state index contributed by atoms with van der Waals surface area (Å²) in [5.74, 6) is -0.136. The van der Waals surface area contributed by atoms with E-state index in [-0.39, 0.29) is 18.7 Å². The summed E-state index contributed by atoms with van der Waals surface area (Å²) in [6, 6.07) is 0. The van der Waals surface area contributed by atoms with Crippen LogP contribution in [0, 0.1) is 0 Å². The number of rotatable bonds is 44. The van der Waals surface area contributed by atoms with Gasteiger partial charge in [-0.05, 0) is 20.3 Å². The number of carbonyl (C=O) groups excluding carboxylic acids is 1. The van der Waals surface area contributed by atoms with Crippen LogP contribution in [0.2, 0.25) is 0 Å². The molecule has 0 heterocycles. The minimum Gasteiger partial charge on any atom is -0.463 e. The molecular weight excluding hydrogens is 652 g/mol. The highest BCUT2D eigenvalue weighted by Crippen LogP contribution is 2.10. The van der Waals surface area contributed by atoms with E-state index in [1.165, 1.54) is 44.9 Å². The minimum atomic E-state index is -0.136. The average Bonchev–Trinajstić information content (AvgIpc) is 3.11. The lowest BCUT2D eigenvalue weighted by molar-refractivity contribution is -0.145. The molecule has 0 rings (SSSR count). The Morgan fingerprint density at radius 2 is 0.620 bits per heavy atom. The summed E-state index contributed by atoms with van der Waals surface area (Å²) in [7, 11) is 0. The quantitative estimate of drug-likeness (QED) is 0.0615. The van der Waals surface area contributed by atoms with Gasteiger partial charge >= 0.3 is 5.97 Å². The standard InChI is InChI=1S/C37H74O13/c1-4-5-6-7-8-9-10-11-12-13-37(38)50-35-33-48-31-29-46-27-25-44-23-21-42-19-17-40-15-14-39-16-18-41-20-22-43-24-26-45-28-30-47-32-34-49-36(2)3/h36H,4-35H2,1-3H3. The van der Waals surface area contributed by atoms with Crippen molar-refractivity contribution in [3.05, 3.63) is 0 Å². The van der Waals surface area contributed by atoms with Gasteiger partial charge in [-0.15, -0.1) is 0 Å². The van der Waals surface area contributed by atoms with Crippen molar-refractivity contribution in [1.82, 2.24) is 0 Å². The maximum Gasteiger partial charge on any atom is 0.305 e. The molecule has 0 unspecified atom stereocenters. The summed E-state index contributed by atoms with van der Waals surface area (Å²) in [5.41, 5.74) is 0. The lowest BCUT2D eigenvalue weighted by atomic mass is 10.1. The van der Waals surface area contributed by atoms with Gasteiger partial charge in [-0.3, -0.25) is 4.79 Å². The predicted molar refractivity (Wildman–Crippen MR) is 192 cm³/mol. The lowest BCUT2D eigenvalue weighted by Gasteiger charge is -2.09. The topological polar surface area (TPSA) is 128 Å². The van der Waals surface area contributed by atoms with E-state index in [0.29, 0.717) is 145 Å². The third-order valence-electron chi connectivity index (χ3n) is 7.00. The van der Waals surface area contributed by atoms with Crippen molar-refractivity contribution in [2.45, 2.75) is 91.1 Å². The molecule has 0 aromatic rings. The Hall–Kier alpha value is -0.970. The molecule has 0 atom stereocenters. The van der Waals surface area contributed by atoms with Crippen LogP contribution in [0.4, 0.5) is 0 Å². The number of hydrogen-bond donors (Lipinski definition) is 0. The Bertz CT molecular complexity index is 642. The smallest absolute Gasteiger partial charge is 0.305 e. The summed E-state index contributed by atoms with van der Waals surface area (Å²) in [4.78, 5) is 11.8. The van der Waals surface area contributed by atoms with E-state index in [4.69, 9.17) is 56.8 Å². The van der Waals surface area contributed by atoms with Crippen LogP contribution in [-0.2, 0) is 61.6 Å². The molecule has 0 N–H and O–H groups in total. The molecule has 0 aromatic heterocycles. The summed E-state index contributed by atoms with van der Waals surface area (Å²) < 4.78 is 65.3. The van der Waals surface area contributed by atoms with Gasteiger partial charge in [0.15, 0.2) is 0 Å². The number of ether oxygens (including phenoxy) is 12. The second-order valence-corrected chi connectivity index (χ2v) is 11.8. The molecule has 0 spiro atoms. The molecule has 50 heavy (non-hydrogen) atoms. The monoisotopic (exact) mass is 727 g/mol. The summed E-state index contributed by atoms with van der Waals surface area (Å²) in [6.45, 7) is 17.2. The highest BCUT2D eigenvalue weighted by molar-refractivity contribution is 5.69. The van der Waals surface area contributed by atoms with E-state index in [9.17, 15) is 4.79 Å². The van der Waals surface area contributed by atoms with Gasteiger partial charge in [0, 0.05) is 6.42 Å². The van der Waals surface area contributed by atoms with E-state index in [2.05, 4.69) is 6.92 Å². The van der Waals surface area contributed by atoms with Crippen LogP contribution in [0.5, 0.6) is 0 Å². The predicted octanol–water partition coefficient (Wildman–Crippen LogP) is 5.04. The molecule has 0 aliphatic carbocycles. The van der Waals surface area contributed by atoms with Gasteiger partial charge in [-0.2, -0.15) is 0 Å². The third kappa shape index (κ3) is 45.1. The second-order valence-electron chi connectivity index (χ2n) is 11.8. The van der Waals surface area contributed by atoms with Crippen molar-refractivity contribution in [2.75, 3.05) is 145 Å². The zero-order valence-electron chi connectivity index (χ0n) is 32.0. The Morgan fingerprint density at radius 1 is 0.360 bits per heavy atom. The number of esters is 1. The van der Waals surface area contributed by atoms with Gasteiger partial charge in [0.2, 0.25) is 0 Å². The molecule has 0 saturated carbocycles. The van der Waals surface area contributed by atoms with Crippen molar-refractivity contribution < 1.29 is 61.6 Å². The number of hydrogen-bond acceptors (Lipinski definition) is 13. The third-order valence-corrected chi connectivity index (χ3v) is 7.00. The molecular formula is C37H74O13. The van der Waals surface area contributed by atoms with E-state index >= 15 is 0 Å². The number of unbranched alkanes of at least 4 members (excludes halogenated alkanes) is 8. The van der Waals surface area contributed by atoms with E-state index in [0.717, 1.165) is 12.8 Å². The largest absolute Gasteiger partial charge is 0.463 e. The van der Waals surface area contributed by atoms with Crippen molar-refractivity contribution in [2.24, 2.45) is 0 Å². The molecule has 300 valence electrons. The van der Waals surface area contributed by atoms with Gasteiger partial charge in [0.05, 0.1) is 145 Å². The highest BCUT2D eigenvalue weighted by Gasteiger charge is 2.03. The Balaban J connectivity index is 3.11. The molecule has 0 aromatic carbocycles. The summed E-state index contributed by atoms with van der Waals surface area (Å²) >= 11 is 0. The van der Waals surface area contributed by atoms with Crippen molar-refractivity contribution in [1.29, 1.82) is 0 Å². The SMILES string of the molecule is CCCCCCCCCCCC(=O)OCCOCCOCCOCCOCCOCCOCCOCCOCCOCCOCCOC(C)C. The normalized spacial score (nSPS) is 11.6. The van der Waals surface area contributed by atoms with E-state index < -0.39 is 0 Å². The molecule has 0 bridgehead atoms. The van der Waals surface area contributed by atoms with Crippen LogP contribution in [0.25, 0.3) is 0 Å². The first-order valence-corrected chi connectivity index (χ1v) is 19.2.